The van der Waals surface area contributed by atoms with Gasteiger partial charge in [-0.15, -0.1) is 11.3 Å². The minimum absolute atomic E-state index is 0.137. The fraction of sp³-hybridized carbons (Fsp3) is 0.538. The highest BCUT2D eigenvalue weighted by molar-refractivity contribution is 7.09. The van der Waals surface area contributed by atoms with Crippen molar-refractivity contribution in [3.8, 4) is 0 Å². The Hall–Kier alpha value is -1.16. The zero-order chi connectivity index (χ0) is 12.3. The summed E-state index contributed by atoms with van der Waals surface area (Å²) >= 11 is 1.67. The second-order valence-electron chi connectivity index (χ2n) is 4.69. The van der Waals surface area contributed by atoms with Crippen molar-refractivity contribution in [3.63, 3.8) is 0 Å². The summed E-state index contributed by atoms with van der Waals surface area (Å²) in [6, 6.07) is 0. The third kappa shape index (κ3) is 3.16. The van der Waals surface area contributed by atoms with Gasteiger partial charge in [0.15, 0.2) is 0 Å². The lowest BCUT2D eigenvalue weighted by Gasteiger charge is -2.08. The van der Waals surface area contributed by atoms with Gasteiger partial charge in [-0.2, -0.15) is 0 Å². The van der Waals surface area contributed by atoms with E-state index in [4.69, 9.17) is 0 Å². The highest BCUT2D eigenvalue weighted by Crippen LogP contribution is 2.20. The largest absolute Gasteiger partial charge is 0.350 e. The molecule has 0 aliphatic heterocycles. The summed E-state index contributed by atoms with van der Waals surface area (Å²) in [5.74, 6) is 0.746. The van der Waals surface area contributed by atoms with Crippen molar-refractivity contribution in [3.05, 3.63) is 28.2 Å². The van der Waals surface area contributed by atoms with Crippen LogP contribution in [-0.4, -0.2) is 10.9 Å². The van der Waals surface area contributed by atoms with Gasteiger partial charge in [0, 0.05) is 17.2 Å². The molecule has 1 aromatic rings. The first kappa shape index (κ1) is 12.3. The quantitative estimate of drug-likeness (QED) is 0.835. The van der Waals surface area contributed by atoms with Crippen LogP contribution in [0.25, 0.3) is 0 Å². The van der Waals surface area contributed by atoms with Gasteiger partial charge in [-0.05, 0) is 12.8 Å². The van der Waals surface area contributed by atoms with Crippen molar-refractivity contribution in [2.24, 2.45) is 5.92 Å². The van der Waals surface area contributed by atoms with E-state index in [1.165, 1.54) is 0 Å². The van der Waals surface area contributed by atoms with Gasteiger partial charge in [0.1, 0.15) is 0 Å². The van der Waals surface area contributed by atoms with E-state index in [9.17, 15) is 4.79 Å². The van der Waals surface area contributed by atoms with Gasteiger partial charge < -0.3 is 5.32 Å². The maximum absolute atomic E-state index is 11.8. The van der Waals surface area contributed by atoms with E-state index < -0.39 is 0 Å². The molecule has 0 aromatic carbocycles. The van der Waals surface area contributed by atoms with Crippen LogP contribution in [0.5, 0.6) is 0 Å². The number of allylic oxidation sites excluding steroid dienone is 2. The number of carbonyl (C=O) groups is 1. The normalized spacial score (nSPS) is 15.7. The van der Waals surface area contributed by atoms with Crippen LogP contribution in [0.4, 0.5) is 0 Å². The van der Waals surface area contributed by atoms with Crippen molar-refractivity contribution < 1.29 is 4.79 Å². The van der Waals surface area contributed by atoms with Crippen molar-refractivity contribution in [2.75, 3.05) is 0 Å². The van der Waals surface area contributed by atoms with E-state index in [1.54, 1.807) is 11.3 Å². The molecule has 0 spiro atoms. The number of nitrogens with one attached hydrogen (secondary N) is 1. The fourth-order valence-corrected chi connectivity index (χ4v) is 2.66. The molecule has 0 fully saturated rings. The Morgan fingerprint density at radius 3 is 2.82 bits per heavy atom. The monoisotopic (exact) mass is 250 g/mol. The molecular formula is C13H18N2OS. The van der Waals surface area contributed by atoms with Crippen LogP contribution in [0.1, 0.15) is 43.3 Å². The standard InChI is InChI=1S/C13H18N2OS/c1-9(2)13-15-11(8-17-13)7-14-12(16)10-5-3-4-6-10/h3-4,8-10H,5-7H2,1-2H3,(H,14,16). The molecule has 17 heavy (non-hydrogen) atoms. The first-order valence-electron chi connectivity index (χ1n) is 6.04. The molecule has 1 amide bonds. The molecule has 1 heterocycles. The summed E-state index contributed by atoms with van der Waals surface area (Å²) in [6.07, 6.45) is 5.90. The van der Waals surface area contributed by atoms with Crippen LogP contribution in [0.2, 0.25) is 0 Å². The first-order valence-corrected chi connectivity index (χ1v) is 6.91. The summed E-state index contributed by atoms with van der Waals surface area (Å²) in [7, 11) is 0. The molecule has 1 aromatic heterocycles. The minimum atomic E-state index is 0.137. The van der Waals surface area contributed by atoms with Gasteiger partial charge in [-0.25, -0.2) is 4.98 Å². The van der Waals surface area contributed by atoms with Gasteiger partial charge in [0.2, 0.25) is 5.91 Å². The molecule has 0 bridgehead atoms. The maximum Gasteiger partial charge on any atom is 0.224 e. The van der Waals surface area contributed by atoms with Crippen molar-refractivity contribution in [1.82, 2.24) is 10.3 Å². The number of thiazole rings is 1. The van der Waals surface area contributed by atoms with E-state index in [0.29, 0.717) is 12.5 Å². The second kappa shape index (κ2) is 5.45. The highest BCUT2D eigenvalue weighted by Gasteiger charge is 2.18. The number of rotatable bonds is 4. The summed E-state index contributed by atoms with van der Waals surface area (Å²) in [5.41, 5.74) is 0.970. The molecular weight excluding hydrogens is 232 g/mol. The van der Waals surface area contributed by atoms with E-state index in [1.807, 2.05) is 5.38 Å². The summed E-state index contributed by atoms with van der Waals surface area (Å²) < 4.78 is 0. The highest BCUT2D eigenvalue weighted by atomic mass is 32.1. The number of carbonyl (C=O) groups excluding carboxylic acids is 1. The Labute approximate surface area is 106 Å². The third-order valence-corrected chi connectivity index (χ3v) is 4.08. The van der Waals surface area contributed by atoms with Gasteiger partial charge in [-0.3, -0.25) is 4.79 Å². The molecule has 1 N–H and O–H groups in total. The smallest absolute Gasteiger partial charge is 0.224 e. The molecule has 0 radical (unpaired) electrons. The van der Waals surface area contributed by atoms with Crippen LogP contribution in [-0.2, 0) is 11.3 Å². The van der Waals surface area contributed by atoms with Gasteiger partial charge >= 0.3 is 0 Å². The van der Waals surface area contributed by atoms with Gasteiger partial charge in [-0.1, -0.05) is 26.0 Å². The molecule has 1 aliphatic carbocycles. The zero-order valence-electron chi connectivity index (χ0n) is 10.3. The minimum Gasteiger partial charge on any atom is -0.350 e. The van der Waals surface area contributed by atoms with Crippen LogP contribution >= 0.6 is 11.3 Å². The lowest BCUT2D eigenvalue weighted by atomic mass is 10.1. The first-order chi connectivity index (χ1) is 8.16. The average Bonchev–Trinajstić information content (AvgIpc) is 2.97. The summed E-state index contributed by atoms with van der Waals surface area (Å²) in [4.78, 5) is 16.3. The third-order valence-electron chi connectivity index (χ3n) is 2.89. The van der Waals surface area contributed by atoms with Gasteiger partial charge in [0.25, 0.3) is 0 Å². The Morgan fingerprint density at radius 2 is 2.24 bits per heavy atom. The fourth-order valence-electron chi connectivity index (χ4n) is 1.82. The Morgan fingerprint density at radius 1 is 1.53 bits per heavy atom. The maximum atomic E-state index is 11.8. The van der Waals surface area contributed by atoms with E-state index in [2.05, 4.69) is 36.3 Å². The number of hydrogen-bond donors (Lipinski definition) is 1. The number of amides is 1. The lowest BCUT2D eigenvalue weighted by Crippen LogP contribution is -2.29. The SMILES string of the molecule is CC(C)c1nc(CNC(=O)C2CC=CC2)cs1. The van der Waals surface area contributed by atoms with Crippen LogP contribution < -0.4 is 5.32 Å². The van der Waals surface area contributed by atoms with Crippen LogP contribution in [0.3, 0.4) is 0 Å². The number of nitrogens with zero attached hydrogens (tertiary/aromatic N) is 1. The average molecular weight is 250 g/mol. The molecule has 4 heteroatoms. The van der Waals surface area contributed by atoms with E-state index >= 15 is 0 Å². The molecule has 0 atom stereocenters. The summed E-state index contributed by atoms with van der Waals surface area (Å²) in [5, 5.41) is 6.12. The van der Waals surface area contributed by atoms with Crippen molar-refractivity contribution in [1.29, 1.82) is 0 Å². The molecule has 92 valence electrons. The topological polar surface area (TPSA) is 42.0 Å². The van der Waals surface area contributed by atoms with Crippen LogP contribution in [0.15, 0.2) is 17.5 Å². The predicted molar refractivity (Wildman–Crippen MR) is 69.9 cm³/mol. The predicted octanol–water partition coefficient (Wildman–Crippen LogP) is 2.85. The molecule has 0 saturated carbocycles. The van der Waals surface area contributed by atoms with E-state index in [-0.39, 0.29) is 11.8 Å². The van der Waals surface area contributed by atoms with Crippen molar-refractivity contribution in [2.45, 2.75) is 39.2 Å². The molecule has 3 nitrogen and oxygen atoms in total. The number of aromatic nitrogens is 1. The Balaban J connectivity index is 1.82. The van der Waals surface area contributed by atoms with Crippen LogP contribution in [0, 0.1) is 5.92 Å². The Kier molecular flexibility index (Phi) is 3.94. The lowest BCUT2D eigenvalue weighted by molar-refractivity contribution is -0.124. The number of hydrogen-bond acceptors (Lipinski definition) is 3. The van der Waals surface area contributed by atoms with E-state index in [0.717, 1.165) is 23.5 Å². The molecule has 2 rings (SSSR count). The molecule has 0 saturated heterocycles. The molecule has 0 unspecified atom stereocenters. The molecule has 1 aliphatic rings. The summed E-state index contributed by atoms with van der Waals surface area (Å²) in [6.45, 7) is 4.81. The zero-order valence-corrected chi connectivity index (χ0v) is 11.1. The van der Waals surface area contributed by atoms with Crippen molar-refractivity contribution >= 4 is 17.2 Å². The van der Waals surface area contributed by atoms with Gasteiger partial charge in [0.05, 0.1) is 17.2 Å². The second-order valence-corrected chi connectivity index (χ2v) is 5.58. The Bertz CT molecular complexity index is 415.